The van der Waals surface area contributed by atoms with E-state index in [9.17, 15) is 0 Å². The largest absolute Gasteiger partial charge is 0.340 e. The zero-order valence-corrected chi connectivity index (χ0v) is 11.4. The van der Waals surface area contributed by atoms with Gasteiger partial charge in [0.05, 0.1) is 0 Å². The van der Waals surface area contributed by atoms with Crippen molar-refractivity contribution in [2.45, 2.75) is 13.0 Å². The Balaban J connectivity index is 2.18. The van der Waals surface area contributed by atoms with Crippen LogP contribution in [0.2, 0.25) is 0 Å². The highest BCUT2D eigenvalue weighted by molar-refractivity contribution is 7.98. The lowest BCUT2D eigenvalue weighted by Gasteiger charge is -2.06. The molecule has 0 fully saturated rings. The van der Waals surface area contributed by atoms with Gasteiger partial charge in [-0.3, -0.25) is 0 Å². The van der Waals surface area contributed by atoms with Crippen LogP contribution in [0, 0.1) is 0 Å². The van der Waals surface area contributed by atoms with Crippen LogP contribution >= 0.6 is 11.8 Å². The van der Waals surface area contributed by atoms with Gasteiger partial charge < -0.3 is 4.57 Å². The highest BCUT2D eigenvalue weighted by atomic mass is 32.2. The molecular weight excluding hydrogens is 238 g/mol. The van der Waals surface area contributed by atoms with Crippen LogP contribution in [-0.2, 0) is 6.54 Å². The van der Waals surface area contributed by atoms with Crippen LogP contribution in [-0.4, -0.2) is 16.6 Å². The fraction of sp³-hybridized carbons (Fsp3) is 0.250. The summed E-state index contributed by atoms with van der Waals surface area (Å²) in [7, 11) is 0. The van der Waals surface area contributed by atoms with Crippen molar-refractivity contribution in [2.75, 3.05) is 12.0 Å². The van der Waals surface area contributed by atoms with Crippen molar-refractivity contribution in [3.8, 4) is 0 Å². The van der Waals surface area contributed by atoms with Gasteiger partial charge in [-0.2, -0.15) is 11.8 Å². The van der Waals surface area contributed by atoms with Gasteiger partial charge in [-0.1, -0.05) is 36.4 Å². The first-order valence-corrected chi connectivity index (χ1v) is 7.76. The van der Waals surface area contributed by atoms with Crippen molar-refractivity contribution in [1.82, 2.24) is 4.57 Å². The number of fused-ring (bicyclic) bond motifs is 3. The van der Waals surface area contributed by atoms with Crippen molar-refractivity contribution in [1.29, 1.82) is 0 Å². The molecule has 1 aromatic heterocycles. The average Bonchev–Trinajstić information content (AvgIpc) is 2.74. The summed E-state index contributed by atoms with van der Waals surface area (Å²) in [5.41, 5.74) is 2.72. The summed E-state index contributed by atoms with van der Waals surface area (Å²) in [6.07, 6.45) is 3.40. The second-order valence-electron chi connectivity index (χ2n) is 4.53. The number of para-hydroxylation sites is 2. The molecule has 0 saturated carbocycles. The highest BCUT2D eigenvalue weighted by Gasteiger charge is 2.08. The van der Waals surface area contributed by atoms with Gasteiger partial charge >= 0.3 is 0 Å². The van der Waals surface area contributed by atoms with Gasteiger partial charge in [0.15, 0.2) is 0 Å². The Morgan fingerprint density at radius 3 is 2.00 bits per heavy atom. The van der Waals surface area contributed by atoms with Gasteiger partial charge in [-0.15, -0.1) is 0 Å². The minimum atomic E-state index is 1.11. The fourth-order valence-corrected chi connectivity index (χ4v) is 3.03. The molecule has 2 heteroatoms. The van der Waals surface area contributed by atoms with E-state index in [0.717, 1.165) is 6.54 Å². The SMILES string of the molecule is CSCCCn1c2ccccc2c2ccccc21. The molecule has 1 heterocycles. The highest BCUT2D eigenvalue weighted by Crippen LogP contribution is 2.28. The van der Waals surface area contributed by atoms with Crippen molar-refractivity contribution in [2.24, 2.45) is 0 Å². The summed E-state index contributed by atoms with van der Waals surface area (Å²) in [5, 5.41) is 2.74. The number of hydrogen-bond acceptors (Lipinski definition) is 1. The number of benzene rings is 2. The van der Waals surface area contributed by atoms with E-state index < -0.39 is 0 Å². The van der Waals surface area contributed by atoms with E-state index >= 15 is 0 Å². The number of aromatic nitrogens is 1. The molecule has 0 radical (unpaired) electrons. The molecule has 92 valence electrons. The van der Waals surface area contributed by atoms with Crippen LogP contribution in [0.3, 0.4) is 0 Å². The van der Waals surface area contributed by atoms with Gasteiger partial charge in [-0.05, 0) is 30.6 Å². The number of hydrogen-bond donors (Lipinski definition) is 0. The van der Waals surface area contributed by atoms with Gasteiger partial charge in [0.1, 0.15) is 0 Å². The Kier molecular flexibility index (Phi) is 3.28. The normalized spacial score (nSPS) is 11.4. The molecule has 0 bridgehead atoms. The van der Waals surface area contributed by atoms with E-state index in [1.165, 1.54) is 34.0 Å². The minimum Gasteiger partial charge on any atom is -0.340 e. The van der Waals surface area contributed by atoms with Crippen molar-refractivity contribution >= 4 is 33.6 Å². The maximum Gasteiger partial charge on any atom is 0.0491 e. The maximum absolute atomic E-state index is 2.46. The van der Waals surface area contributed by atoms with E-state index in [0.29, 0.717) is 0 Å². The molecule has 0 spiro atoms. The summed E-state index contributed by atoms with van der Waals surface area (Å²) >= 11 is 1.92. The average molecular weight is 255 g/mol. The van der Waals surface area contributed by atoms with Gasteiger partial charge in [-0.25, -0.2) is 0 Å². The summed E-state index contributed by atoms with van der Waals surface area (Å²) < 4.78 is 2.46. The maximum atomic E-state index is 2.46. The van der Waals surface area contributed by atoms with Crippen molar-refractivity contribution in [3.63, 3.8) is 0 Å². The molecule has 18 heavy (non-hydrogen) atoms. The van der Waals surface area contributed by atoms with Crippen LogP contribution in [0.4, 0.5) is 0 Å². The summed E-state index contributed by atoms with van der Waals surface area (Å²) in [6.45, 7) is 1.11. The van der Waals surface area contributed by atoms with Crippen LogP contribution in [0.5, 0.6) is 0 Å². The number of nitrogens with zero attached hydrogens (tertiary/aromatic N) is 1. The summed E-state index contributed by atoms with van der Waals surface area (Å²) in [6, 6.07) is 17.4. The van der Waals surface area contributed by atoms with E-state index in [4.69, 9.17) is 0 Å². The molecule has 0 atom stereocenters. The first kappa shape index (κ1) is 11.7. The molecule has 0 unspecified atom stereocenters. The van der Waals surface area contributed by atoms with E-state index in [1.807, 2.05) is 11.8 Å². The molecule has 0 N–H and O–H groups in total. The Morgan fingerprint density at radius 2 is 1.44 bits per heavy atom. The van der Waals surface area contributed by atoms with Crippen LogP contribution in [0.15, 0.2) is 48.5 Å². The first-order valence-electron chi connectivity index (χ1n) is 6.37. The van der Waals surface area contributed by atoms with E-state index in [-0.39, 0.29) is 0 Å². The minimum absolute atomic E-state index is 1.11. The Labute approximate surface area is 112 Å². The summed E-state index contributed by atoms with van der Waals surface area (Å²) in [5.74, 6) is 1.22. The molecule has 0 amide bonds. The lowest BCUT2D eigenvalue weighted by molar-refractivity contribution is 0.730. The van der Waals surface area contributed by atoms with Crippen molar-refractivity contribution < 1.29 is 0 Å². The topological polar surface area (TPSA) is 4.93 Å². The molecule has 0 aliphatic heterocycles. The predicted octanol–water partition coefficient (Wildman–Crippen LogP) is 4.55. The second-order valence-corrected chi connectivity index (χ2v) is 5.52. The fourth-order valence-electron chi connectivity index (χ4n) is 2.61. The van der Waals surface area contributed by atoms with Crippen LogP contribution in [0.25, 0.3) is 21.8 Å². The monoisotopic (exact) mass is 255 g/mol. The second kappa shape index (κ2) is 5.07. The standard InChI is InChI=1S/C16H17NS/c1-18-12-6-11-17-15-9-4-2-7-13(15)14-8-3-5-10-16(14)17/h2-5,7-10H,6,11-12H2,1H3. The number of rotatable bonds is 4. The predicted molar refractivity (Wildman–Crippen MR) is 82.4 cm³/mol. The zero-order valence-electron chi connectivity index (χ0n) is 10.6. The van der Waals surface area contributed by atoms with E-state index in [2.05, 4.69) is 59.4 Å². The third-order valence-corrected chi connectivity index (χ3v) is 4.11. The lowest BCUT2D eigenvalue weighted by Crippen LogP contribution is -1.98. The quantitative estimate of drug-likeness (QED) is 0.619. The van der Waals surface area contributed by atoms with Crippen LogP contribution in [0.1, 0.15) is 6.42 Å². The third-order valence-electron chi connectivity index (χ3n) is 3.41. The molecule has 3 rings (SSSR count). The molecule has 3 aromatic rings. The number of thioether (sulfide) groups is 1. The molecule has 0 aliphatic carbocycles. The Morgan fingerprint density at radius 1 is 0.889 bits per heavy atom. The third kappa shape index (κ3) is 1.91. The first-order chi connectivity index (χ1) is 8.92. The lowest BCUT2D eigenvalue weighted by atomic mass is 10.2. The van der Waals surface area contributed by atoms with Gasteiger partial charge in [0, 0.05) is 28.4 Å². The van der Waals surface area contributed by atoms with Crippen LogP contribution < -0.4 is 0 Å². The molecule has 2 aromatic carbocycles. The van der Waals surface area contributed by atoms with E-state index in [1.54, 1.807) is 0 Å². The Hall–Kier alpha value is -1.41. The Bertz CT molecular complexity index is 616. The smallest absolute Gasteiger partial charge is 0.0491 e. The van der Waals surface area contributed by atoms with Gasteiger partial charge in [0.2, 0.25) is 0 Å². The molecule has 1 nitrogen and oxygen atoms in total. The number of aryl methyl sites for hydroxylation is 1. The molecular formula is C16H17NS. The molecule has 0 aliphatic rings. The summed E-state index contributed by atoms with van der Waals surface area (Å²) in [4.78, 5) is 0. The van der Waals surface area contributed by atoms with Crippen molar-refractivity contribution in [3.05, 3.63) is 48.5 Å². The molecule has 0 saturated heterocycles. The zero-order chi connectivity index (χ0) is 12.4. The van der Waals surface area contributed by atoms with Gasteiger partial charge in [0.25, 0.3) is 0 Å².